The highest BCUT2D eigenvalue weighted by molar-refractivity contribution is 5.80. The van der Waals surface area contributed by atoms with Crippen LogP contribution >= 0.6 is 0 Å². The van der Waals surface area contributed by atoms with Gasteiger partial charge in [-0.25, -0.2) is 9.97 Å². The molecule has 0 amide bonds. The molecular formula is C19H14N4O. The Morgan fingerprint density at radius 1 is 0.792 bits per heavy atom. The zero-order valence-corrected chi connectivity index (χ0v) is 13.0. The summed E-state index contributed by atoms with van der Waals surface area (Å²) in [6.07, 6.45) is 1.71. The van der Waals surface area contributed by atoms with Crippen molar-refractivity contribution in [2.24, 2.45) is 0 Å². The lowest BCUT2D eigenvalue weighted by molar-refractivity contribution is 0.415. The predicted octanol–water partition coefficient (Wildman–Crippen LogP) is 3.76. The van der Waals surface area contributed by atoms with Gasteiger partial charge in [0, 0.05) is 10.9 Å². The number of rotatable bonds is 3. The van der Waals surface area contributed by atoms with Gasteiger partial charge in [-0.3, -0.25) is 0 Å². The summed E-state index contributed by atoms with van der Waals surface area (Å²) in [4.78, 5) is 9.00. The minimum absolute atomic E-state index is 0.512. The Labute approximate surface area is 139 Å². The van der Waals surface area contributed by atoms with Gasteiger partial charge >= 0.3 is 0 Å². The third-order valence-electron chi connectivity index (χ3n) is 3.77. The summed E-state index contributed by atoms with van der Waals surface area (Å²) in [6.45, 7) is 0. The number of fused-ring (bicyclic) bond motifs is 1. The predicted molar refractivity (Wildman–Crippen MR) is 92.6 cm³/mol. The molecule has 0 unspecified atom stereocenters. The highest BCUT2D eigenvalue weighted by atomic mass is 16.5. The van der Waals surface area contributed by atoms with Crippen molar-refractivity contribution in [3.05, 3.63) is 66.9 Å². The van der Waals surface area contributed by atoms with Crippen LogP contribution in [0.1, 0.15) is 0 Å². The summed E-state index contributed by atoms with van der Waals surface area (Å²) >= 11 is 0. The Kier molecular flexibility index (Phi) is 3.59. The van der Waals surface area contributed by atoms with Gasteiger partial charge in [-0.1, -0.05) is 24.3 Å². The van der Waals surface area contributed by atoms with E-state index in [1.54, 1.807) is 13.3 Å². The van der Waals surface area contributed by atoms with E-state index < -0.39 is 0 Å². The van der Waals surface area contributed by atoms with E-state index in [1.807, 2.05) is 60.7 Å². The minimum atomic E-state index is 0.512. The molecule has 4 rings (SSSR count). The molecule has 24 heavy (non-hydrogen) atoms. The molecule has 0 N–H and O–H groups in total. The van der Waals surface area contributed by atoms with Gasteiger partial charge < -0.3 is 4.74 Å². The smallest absolute Gasteiger partial charge is 0.200 e. The summed E-state index contributed by atoms with van der Waals surface area (Å²) in [5.74, 6) is 1.31. The van der Waals surface area contributed by atoms with Gasteiger partial charge in [0.15, 0.2) is 5.82 Å². The molecule has 2 heterocycles. The number of benzene rings is 2. The molecule has 0 saturated heterocycles. The molecule has 0 spiro atoms. The number of ether oxygens (including phenoxy) is 1. The van der Waals surface area contributed by atoms with Crippen LogP contribution in [0.2, 0.25) is 0 Å². The first-order valence-corrected chi connectivity index (χ1v) is 7.54. The maximum Gasteiger partial charge on any atom is 0.200 e. The van der Waals surface area contributed by atoms with Crippen molar-refractivity contribution in [3.63, 3.8) is 0 Å². The van der Waals surface area contributed by atoms with Crippen LogP contribution < -0.4 is 4.74 Å². The van der Waals surface area contributed by atoms with E-state index in [9.17, 15) is 0 Å². The second-order valence-electron chi connectivity index (χ2n) is 5.28. The van der Waals surface area contributed by atoms with E-state index in [4.69, 9.17) is 4.74 Å². The Hall–Kier alpha value is -3.34. The van der Waals surface area contributed by atoms with E-state index in [-0.39, 0.29) is 0 Å². The molecule has 0 fully saturated rings. The molecule has 4 aromatic rings. The van der Waals surface area contributed by atoms with E-state index in [0.717, 1.165) is 22.2 Å². The molecule has 0 aliphatic heterocycles. The highest BCUT2D eigenvalue weighted by Gasteiger charge is 2.07. The molecule has 0 bridgehead atoms. The van der Waals surface area contributed by atoms with Gasteiger partial charge in [-0.15, -0.1) is 10.2 Å². The van der Waals surface area contributed by atoms with Crippen LogP contribution in [0.15, 0.2) is 66.9 Å². The zero-order valence-electron chi connectivity index (χ0n) is 13.0. The molecule has 0 aliphatic rings. The van der Waals surface area contributed by atoms with E-state index in [0.29, 0.717) is 17.2 Å². The SMILES string of the molecule is COc1ccc(-c2cnc(-c3ccc4ccccc4n3)nn2)cc1. The minimum Gasteiger partial charge on any atom is -0.497 e. The van der Waals surface area contributed by atoms with Gasteiger partial charge in [0.2, 0.25) is 0 Å². The Morgan fingerprint density at radius 2 is 1.62 bits per heavy atom. The van der Waals surface area contributed by atoms with Crippen molar-refractivity contribution < 1.29 is 4.74 Å². The van der Waals surface area contributed by atoms with Crippen molar-refractivity contribution in [3.8, 4) is 28.5 Å². The Bertz CT molecular complexity index is 982. The van der Waals surface area contributed by atoms with Crippen LogP contribution in [-0.4, -0.2) is 27.3 Å². The molecule has 5 heteroatoms. The van der Waals surface area contributed by atoms with E-state index in [1.165, 1.54) is 0 Å². The van der Waals surface area contributed by atoms with Gasteiger partial charge in [0.05, 0.1) is 18.8 Å². The Balaban J connectivity index is 1.66. The molecule has 0 saturated carbocycles. The molecule has 0 atom stereocenters. The fourth-order valence-corrected chi connectivity index (χ4v) is 2.48. The zero-order chi connectivity index (χ0) is 16.4. The van der Waals surface area contributed by atoms with Crippen LogP contribution in [0, 0.1) is 0 Å². The molecule has 0 radical (unpaired) electrons. The van der Waals surface area contributed by atoms with Crippen LogP contribution in [0.3, 0.4) is 0 Å². The molecule has 2 aromatic carbocycles. The number of hydrogen-bond donors (Lipinski definition) is 0. The topological polar surface area (TPSA) is 60.8 Å². The second-order valence-corrected chi connectivity index (χ2v) is 5.28. The summed E-state index contributed by atoms with van der Waals surface area (Å²) < 4.78 is 5.16. The second kappa shape index (κ2) is 6.04. The lowest BCUT2D eigenvalue weighted by atomic mass is 10.1. The monoisotopic (exact) mass is 314 g/mol. The molecular weight excluding hydrogens is 300 g/mol. The van der Waals surface area contributed by atoms with Crippen molar-refractivity contribution in [1.29, 1.82) is 0 Å². The number of pyridine rings is 1. The number of hydrogen-bond acceptors (Lipinski definition) is 5. The molecule has 116 valence electrons. The summed E-state index contributed by atoms with van der Waals surface area (Å²) in [5.41, 5.74) is 3.27. The lowest BCUT2D eigenvalue weighted by Crippen LogP contribution is -1.96. The van der Waals surface area contributed by atoms with Gasteiger partial charge in [-0.2, -0.15) is 0 Å². The number of methoxy groups -OCH3 is 1. The Morgan fingerprint density at radius 3 is 2.38 bits per heavy atom. The van der Waals surface area contributed by atoms with Crippen molar-refractivity contribution in [1.82, 2.24) is 20.2 Å². The fraction of sp³-hybridized carbons (Fsp3) is 0.0526. The third-order valence-corrected chi connectivity index (χ3v) is 3.77. The first kappa shape index (κ1) is 14.3. The first-order valence-electron chi connectivity index (χ1n) is 7.54. The van der Waals surface area contributed by atoms with Crippen LogP contribution in [0.4, 0.5) is 0 Å². The average molecular weight is 314 g/mol. The van der Waals surface area contributed by atoms with Gasteiger partial charge in [-0.05, 0) is 36.4 Å². The fourth-order valence-electron chi connectivity index (χ4n) is 2.48. The lowest BCUT2D eigenvalue weighted by Gasteiger charge is -2.04. The normalized spacial score (nSPS) is 10.7. The van der Waals surface area contributed by atoms with Gasteiger partial charge in [0.25, 0.3) is 0 Å². The molecule has 5 nitrogen and oxygen atoms in total. The molecule has 0 aliphatic carbocycles. The highest BCUT2D eigenvalue weighted by Crippen LogP contribution is 2.21. The largest absolute Gasteiger partial charge is 0.497 e. The summed E-state index contributed by atoms with van der Waals surface area (Å²) in [7, 11) is 1.64. The summed E-state index contributed by atoms with van der Waals surface area (Å²) in [5, 5.41) is 9.57. The van der Waals surface area contributed by atoms with Crippen molar-refractivity contribution in [2.45, 2.75) is 0 Å². The number of aromatic nitrogens is 4. The van der Waals surface area contributed by atoms with Crippen LogP contribution in [0.5, 0.6) is 5.75 Å². The van der Waals surface area contributed by atoms with Crippen molar-refractivity contribution in [2.75, 3.05) is 7.11 Å². The standard InChI is InChI=1S/C19H14N4O/c1-24-15-9-6-14(7-10-15)18-12-20-19(23-22-18)17-11-8-13-4-2-3-5-16(13)21-17/h2-12H,1H3. The number of nitrogens with zero attached hydrogens (tertiary/aromatic N) is 4. The maximum atomic E-state index is 5.16. The quantitative estimate of drug-likeness (QED) is 0.576. The van der Waals surface area contributed by atoms with Crippen LogP contribution in [0.25, 0.3) is 33.7 Å². The maximum absolute atomic E-state index is 5.16. The molecule has 2 aromatic heterocycles. The average Bonchev–Trinajstić information content (AvgIpc) is 2.68. The number of para-hydroxylation sites is 1. The van der Waals surface area contributed by atoms with E-state index >= 15 is 0 Å². The van der Waals surface area contributed by atoms with E-state index in [2.05, 4.69) is 20.2 Å². The third kappa shape index (κ3) is 2.67. The van der Waals surface area contributed by atoms with Crippen LogP contribution in [-0.2, 0) is 0 Å². The van der Waals surface area contributed by atoms with Crippen molar-refractivity contribution >= 4 is 10.9 Å². The summed E-state index contributed by atoms with van der Waals surface area (Å²) in [6, 6.07) is 19.5. The van der Waals surface area contributed by atoms with Gasteiger partial charge in [0.1, 0.15) is 17.1 Å². The first-order chi connectivity index (χ1) is 11.8.